The maximum atomic E-state index is 12.0. The normalized spacial score (nSPS) is 19.3. The summed E-state index contributed by atoms with van der Waals surface area (Å²) in [5.74, 6) is -2.10. The molecule has 2 rings (SSSR count). The first kappa shape index (κ1) is 30.3. The molecule has 1 aromatic rings. The molecule has 3 atom stereocenters. The Kier molecular flexibility index (Phi) is 13.0. The van der Waals surface area contributed by atoms with Crippen molar-refractivity contribution in [2.45, 2.75) is 38.5 Å². The Bertz CT molecular complexity index is 1240. The molecular formula is C30H34N4O5. The van der Waals surface area contributed by atoms with Crippen molar-refractivity contribution in [2.24, 2.45) is 10.7 Å². The summed E-state index contributed by atoms with van der Waals surface area (Å²) in [7, 11) is 0. The number of ether oxygens (including phenoxy) is 1. The van der Waals surface area contributed by atoms with Crippen molar-refractivity contribution >= 4 is 29.8 Å². The van der Waals surface area contributed by atoms with Crippen LogP contribution in [0.2, 0.25) is 0 Å². The first-order chi connectivity index (χ1) is 18.8. The van der Waals surface area contributed by atoms with Crippen molar-refractivity contribution in [3.05, 3.63) is 115 Å². The minimum Gasteiger partial charge on any atom is -0.480 e. The lowest BCUT2D eigenvalue weighted by molar-refractivity contribution is -0.142. The first-order valence-electron chi connectivity index (χ1n) is 12.3. The van der Waals surface area contributed by atoms with E-state index in [-0.39, 0.29) is 12.1 Å². The Balaban J connectivity index is 1.71. The van der Waals surface area contributed by atoms with E-state index < -0.39 is 30.2 Å². The van der Waals surface area contributed by atoms with E-state index in [4.69, 9.17) is 15.6 Å². The molecule has 0 spiro atoms. The Hall–Kier alpha value is -4.92. The summed E-state index contributed by atoms with van der Waals surface area (Å²) in [5.41, 5.74) is 6.29. The second kappa shape index (κ2) is 16.8. The van der Waals surface area contributed by atoms with Crippen LogP contribution in [0.4, 0.5) is 0 Å². The zero-order valence-electron chi connectivity index (χ0n) is 21.9. The molecule has 39 heavy (non-hydrogen) atoms. The van der Waals surface area contributed by atoms with Gasteiger partial charge in [-0.2, -0.15) is 0 Å². The number of aromatic nitrogens is 1. The lowest BCUT2D eigenvalue weighted by Crippen LogP contribution is -2.43. The number of carbonyl (C=O) groups is 3. The Labute approximate surface area is 228 Å². The molecule has 5 N–H and O–H groups in total. The van der Waals surface area contributed by atoms with Gasteiger partial charge in [-0.1, -0.05) is 79.0 Å². The van der Waals surface area contributed by atoms with Crippen LogP contribution in [-0.4, -0.2) is 52.0 Å². The van der Waals surface area contributed by atoms with Crippen LogP contribution in [0, 0.1) is 0 Å². The number of primary amides is 1. The van der Waals surface area contributed by atoms with Crippen LogP contribution in [-0.2, 0) is 19.1 Å². The lowest BCUT2D eigenvalue weighted by atomic mass is 10.1. The van der Waals surface area contributed by atoms with Gasteiger partial charge < -0.3 is 25.9 Å². The number of carbonyl (C=O) groups excluding carboxylic acids is 2. The lowest BCUT2D eigenvalue weighted by Gasteiger charge is -2.12. The number of hydrogen-bond donors (Lipinski definition) is 4. The van der Waals surface area contributed by atoms with E-state index in [9.17, 15) is 14.4 Å². The number of carboxylic acid groups (broad SMARTS) is 1. The molecule has 0 bridgehead atoms. The molecule has 0 aliphatic carbocycles. The van der Waals surface area contributed by atoms with Crippen molar-refractivity contribution in [3.63, 3.8) is 0 Å². The third-order valence-electron chi connectivity index (χ3n) is 5.22. The Morgan fingerprint density at radius 1 is 1.05 bits per heavy atom. The number of nitrogens with zero attached hydrogens (tertiary/aromatic N) is 1. The maximum absolute atomic E-state index is 12.0. The third-order valence-corrected chi connectivity index (χ3v) is 5.22. The van der Waals surface area contributed by atoms with E-state index in [1.165, 1.54) is 13.0 Å². The van der Waals surface area contributed by atoms with Crippen LogP contribution in [0.3, 0.4) is 0 Å². The molecule has 9 nitrogen and oxygen atoms in total. The molecule has 204 valence electrons. The van der Waals surface area contributed by atoms with Crippen molar-refractivity contribution < 1.29 is 24.2 Å². The van der Waals surface area contributed by atoms with Gasteiger partial charge in [-0.25, -0.2) is 9.79 Å². The van der Waals surface area contributed by atoms with Crippen molar-refractivity contribution in [1.82, 2.24) is 10.3 Å². The van der Waals surface area contributed by atoms with Gasteiger partial charge in [0.1, 0.15) is 18.2 Å². The highest BCUT2D eigenvalue weighted by molar-refractivity contribution is 5.96. The van der Waals surface area contributed by atoms with Crippen molar-refractivity contribution in [2.75, 3.05) is 0 Å². The van der Waals surface area contributed by atoms with Crippen LogP contribution in [0.25, 0.3) is 6.08 Å². The molecule has 9 heteroatoms. The molecular weight excluding hydrogens is 496 g/mol. The van der Waals surface area contributed by atoms with E-state index in [0.29, 0.717) is 11.5 Å². The quantitative estimate of drug-likeness (QED) is 0.212. The fourth-order valence-corrected chi connectivity index (χ4v) is 3.14. The summed E-state index contributed by atoms with van der Waals surface area (Å²) in [6, 6.07) is 2.51. The van der Waals surface area contributed by atoms with Gasteiger partial charge in [0.2, 0.25) is 17.7 Å². The highest BCUT2D eigenvalue weighted by Gasteiger charge is 2.23. The number of amides is 2. The van der Waals surface area contributed by atoms with Gasteiger partial charge in [-0.3, -0.25) is 9.59 Å². The van der Waals surface area contributed by atoms with Gasteiger partial charge in [-0.05, 0) is 32.1 Å². The second-order valence-corrected chi connectivity index (χ2v) is 8.43. The Morgan fingerprint density at radius 2 is 1.67 bits per heavy atom. The van der Waals surface area contributed by atoms with Gasteiger partial charge in [0.15, 0.2) is 0 Å². The molecule has 2 heterocycles. The van der Waals surface area contributed by atoms with E-state index in [2.05, 4.69) is 15.3 Å². The monoisotopic (exact) mass is 530 g/mol. The number of hydrogen-bond acceptors (Lipinski definition) is 5. The highest BCUT2D eigenvalue weighted by atomic mass is 16.5. The summed E-state index contributed by atoms with van der Waals surface area (Å²) in [6.45, 7) is 3.53. The average molecular weight is 531 g/mol. The van der Waals surface area contributed by atoms with Crippen LogP contribution >= 0.6 is 0 Å². The van der Waals surface area contributed by atoms with Crippen LogP contribution < -0.4 is 11.1 Å². The number of nitrogens with two attached hydrogens (primary N) is 1. The molecule has 0 fully saturated rings. The minimum atomic E-state index is -1.36. The number of H-pyrrole nitrogens is 1. The smallest absolute Gasteiger partial charge is 0.326 e. The van der Waals surface area contributed by atoms with Crippen LogP contribution in [0.1, 0.15) is 26.0 Å². The maximum Gasteiger partial charge on any atom is 0.326 e. The molecule has 2 amide bonds. The number of allylic oxidation sites excluding steroid dienone is 12. The average Bonchev–Trinajstić information content (AvgIpc) is 3.54. The van der Waals surface area contributed by atoms with E-state index in [0.717, 1.165) is 5.69 Å². The van der Waals surface area contributed by atoms with Gasteiger partial charge in [0.25, 0.3) is 0 Å². The molecule has 1 aromatic heterocycles. The third kappa shape index (κ3) is 12.2. The van der Waals surface area contributed by atoms with Crippen molar-refractivity contribution in [1.29, 1.82) is 0 Å². The zero-order valence-corrected chi connectivity index (χ0v) is 21.9. The SMILES string of the molecule is C\C(=C/C=C/C=C\C=C\C=C\C=C\C=C\[C@H]1N=C(/C=C/c2ccc[nH]2)O[C@@H]1C)C(=O)N[C@H](CC(N)=O)C(=O)O. The second-order valence-electron chi connectivity index (χ2n) is 8.43. The predicted molar refractivity (Wildman–Crippen MR) is 154 cm³/mol. The number of aromatic amines is 1. The number of nitrogens with one attached hydrogen (secondary N) is 2. The fraction of sp³-hybridized carbons (Fsp3) is 0.200. The summed E-state index contributed by atoms with van der Waals surface area (Å²) >= 11 is 0. The van der Waals surface area contributed by atoms with Crippen molar-refractivity contribution in [3.8, 4) is 0 Å². The Morgan fingerprint density at radius 3 is 2.23 bits per heavy atom. The van der Waals surface area contributed by atoms with E-state index >= 15 is 0 Å². The summed E-state index contributed by atoms with van der Waals surface area (Å²) in [5, 5.41) is 11.3. The van der Waals surface area contributed by atoms with Gasteiger partial charge in [0, 0.05) is 23.5 Å². The molecule has 1 aliphatic heterocycles. The molecule has 1 aliphatic rings. The van der Waals surface area contributed by atoms with Crippen LogP contribution in [0.5, 0.6) is 0 Å². The highest BCUT2D eigenvalue weighted by Crippen LogP contribution is 2.16. The number of rotatable bonds is 14. The molecule has 0 unspecified atom stereocenters. The largest absolute Gasteiger partial charge is 0.480 e. The molecule has 0 saturated heterocycles. The summed E-state index contributed by atoms with van der Waals surface area (Å²) < 4.78 is 5.77. The first-order valence-corrected chi connectivity index (χ1v) is 12.3. The number of aliphatic imine (C=N–C) groups is 1. The molecule has 0 saturated carbocycles. The van der Waals surface area contributed by atoms with E-state index in [1.807, 2.05) is 92.1 Å². The summed E-state index contributed by atoms with van der Waals surface area (Å²) in [4.78, 5) is 41.7. The number of carboxylic acids is 1. The number of aliphatic carboxylic acids is 1. The zero-order chi connectivity index (χ0) is 28.5. The molecule has 0 aromatic carbocycles. The minimum absolute atomic E-state index is 0.0219. The van der Waals surface area contributed by atoms with Crippen LogP contribution in [0.15, 0.2) is 114 Å². The summed E-state index contributed by atoms with van der Waals surface area (Å²) in [6.07, 6.45) is 29.0. The standard InChI is InChI=1S/C30H34N4O5/c1-22(29(36)34-26(30(37)38)21-27(31)35)15-12-10-8-6-4-3-5-7-9-11-13-17-25-23(2)39-28(33-25)19-18-24-16-14-20-32-24/h3-20,23,25-26,32H,21H2,1-2H3,(H2,31,35)(H,34,36)(H,37,38)/b4-3+,7-5+,8-6-,11-9+,12-10+,17-13+,19-18+,22-15+/t23-,25-,26-/m1/s1. The van der Waals surface area contributed by atoms with E-state index in [1.54, 1.807) is 18.2 Å². The predicted octanol–water partition coefficient (Wildman–Crippen LogP) is 3.94. The molecule has 0 radical (unpaired) electrons. The topological polar surface area (TPSA) is 147 Å². The van der Waals surface area contributed by atoms with Gasteiger partial charge >= 0.3 is 5.97 Å². The van der Waals surface area contributed by atoms with Gasteiger partial charge in [0.05, 0.1) is 6.42 Å². The van der Waals surface area contributed by atoms with Gasteiger partial charge in [-0.15, -0.1) is 0 Å². The fourth-order valence-electron chi connectivity index (χ4n) is 3.14.